The van der Waals surface area contributed by atoms with Gasteiger partial charge in [-0.25, -0.2) is 0 Å². The largest absolute Gasteiger partial charge is 0.307 e. The zero-order valence-electron chi connectivity index (χ0n) is 13.9. The molecule has 0 aliphatic carbocycles. The summed E-state index contributed by atoms with van der Waals surface area (Å²) >= 11 is 1.80. The van der Waals surface area contributed by atoms with Gasteiger partial charge < -0.3 is 10.2 Å². The molecule has 1 N–H and O–H groups in total. The van der Waals surface area contributed by atoms with Crippen molar-refractivity contribution in [2.24, 2.45) is 5.92 Å². The van der Waals surface area contributed by atoms with Gasteiger partial charge in [-0.1, -0.05) is 19.1 Å². The third kappa shape index (κ3) is 4.73. The van der Waals surface area contributed by atoms with E-state index in [0.717, 1.165) is 5.92 Å². The topological polar surface area (TPSA) is 15.3 Å². The van der Waals surface area contributed by atoms with Gasteiger partial charge in [0.05, 0.1) is 0 Å². The smallest absolute Gasteiger partial charge is 0.0294 e. The predicted molar refractivity (Wildman–Crippen MR) is 94.1 cm³/mol. The first-order chi connectivity index (χ1) is 10.1. The normalized spacial score (nSPS) is 20.4. The predicted octanol–water partition coefficient (Wildman–Crippen LogP) is 4.18. The van der Waals surface area contributed by atoms with Gasteiger partial charge in [-0.2, -0.15) is 0 Å². The number of hydrogen-bond donors (Lipinski definition) is 1. The van der Waals surface area contributed by atoms with Crippen LogP contribution in [0.2, 0.25) is 0 Å². The highest BCUT2D eigenvalue weighted by atomic mass is 32.2. The molecule has 1 fully saturated rings. The van der Waals surface area contributed by atoms with Crippen LogP contribution >= 0.6 is 11.8 Å². The highest BCUT2D eigenvalue weighted by Gasteiger charge is 2.24. The van der Waals surface area contributed by atoms with Crippen molar-refractivity contribution in [3.05, 3.63) is 29.8 Å². The van der Waals surface area contributed by atoms with Crippen LogP contribution in [0, 0.1) is 5.92 Å². The Bertz CT molecular complexity index is 410. The number of nitrogens with zero attached hydrogens (tertiary/aromatic N) is 1. The van der Waals surface area contributed by atoms with Crippen LogP contribution in [0.3, 0.4) is 0 Å². The molecule has 0 saturated carbocycles. The Labute approximate surface area is 134 Å². The Balaban J connectivity index is 1.85. The second kappa shape index (κ2) is 8.21. The number of thioether (sulfide) groups is 1. The van der Waals surface area contributed by atoms with E-state index in [4.69, 9.17) is 0 Å². The number of piperidine rings is 1. The van der Waals surface area contributed by atoms with Gasteiger partial charge in [0, 0.05) is 17.0 Å². The molecule has 2 unspecified atom stereocenters. The molecule has 2 atom stereocenters. The van der Waals surface area contributed by atoms with Crippen LogP contribution in [0.25, 0.3) is 0 Å². The lowest BCUT2D eigenvalue weighted by atomic mass is 9.89. The minimum atomic E-state index is 0.431. The van der Waals surface area contributed by atoms with Crippen LogP contribution in [0.5, 0.6) is 0 Å². The molecule has 118 valence electrons. The highest BCUT2D eigenvalue weighted by molar-refractivity contribution is 7.98. The molecular weight excluding hydrogens is 276 g/mol. The molecule has 1 aromatic rings. The molecule has 0 aromatic heterocycles. The minimum Gasteiger partial charge on any atom is -0.307 e. The van der Waals surface area contributed by atoms with E-state index < -0.39 is 0 Å². The van der Waals surface area contributed by atoms with Gasteiger partial charge in [0.2, 0.25) is 0 Å². The van der Waals surface area contributed by atoms with Gasteiger partial charge in [0.1, 0.15) is 0 Å². The van der Waals surface area contributed by atoms with E-state index in [1.54, 1.807) is 11.8 Å². The molecule has 0 amide bonds. The molecule has 3 heteroatoms. The molecule has 1 heterocycles. The maximum atomic E-state index is 3.81. The maximum absolute atomic E-state index is 3.81. The second-order valence-electron chi connectivity index (χ2n) is 6.22. The van der Waals surface area contributed by atoms with Crippen molar-refractivity contribution < 1.29 is 0 Å². The van der Waals surface area contributed by atoms with Crippen LogP contribution in [0.4, 0.5) is 0 Å². The summed E-state index contributed by atoms with van der Waals surface area (Å²) in [7, 11) is 0. The van der Waals surface area contributed by atoms with E-state index in [9.17, 15) is 0 Å². The molecule has 0 radical (unpaired) electrons. The zero-order chi connectivity index (χ0) is 15.2. The van der Waals surface area contributed by atoms with Crippen molar-refractivity contribution in [1.29, 1.82) is 0 Å². The molecule has 0 bridgehead atoms. The highest BCUT2D eigenvalue weighted by Crippen LogP contribution is 2.24. The second-order valence-corrected chi connectivity index (χ2v) is 7.10. The molecular formula is C18H30N2S. The molecule has 21 heavy (non-hydrogen) atoms. The summed E-state index contributed by atoms with van der Waals surface area (Å²) in [5, 5.41) is 3.81. The molecule has 1 aromatic carbocycles. The Morgan fingerprint density at radius 1 is 1.19 bits per heavy atom. The lowest BCUT2D eigenvalue weighted by Gasteiger charge is -2.35. The first-order valence-electron chi connectivity index (χ1n) is 8.26. The van der Waals surface area contributed by atoms with Crippen LogP contribution in [-0.2, 0) is 0 Å². The Hall–Kier alpha value is -0.510. The van der Waals surface area contributed by atoms with Crippen LogP contribution in [0.15, 0.2) is 29.2 Å². The minimum absolute atomic E-state index is 0.431. The number of likely N-dealkylation sites (tertiary alicyclic amines) is 1. The standard InChI is InChI=1S/C18H30N2S/c1-5-20-12-10-17(11-13-20)15(3)19-14(2)16-6-8-18(21-4)9-7-16/h6-9,14-15,17,19H,5,10-13H2,1-4H3. The average Bonchev–Trinajstić information content (AvgIpc) is 2.55. The molecule has 1 aliphatic heterocycles. The zero-order valence-corrected chi connectivity index (χ0v) is 14.7. The number of rotatable bonds is 6. The van der Waals surface area contributed by atoms with E-state index >= 15 is 0 Å². The molecule has 0 spiro atoms. The Morgan fingerprint density at radius 2 is 1.81 bits per heavy atom. The van der Waals surface area contributed by atoms with Gasteiger partial charge in [-0.15, -0.1) is 11.8 Å². The van der Waals surface area contributed by atoms with E-state index in [-0.39, 0.29) is 0 Å². The van der Waals surface area contributed by atoms with E-state index in [2.05, 4.69) is 61.5 Å². The van der Waals surface area contributed by atoms with Gasteiger partial charge in [0.15, 0.2) is 0 Å². The number of nitrogens with one attached hydrogen (secondary N) is 1. The van der Waals surface area contributed by atoms with Gasteiger partial charge in [-0.05, 0) is 76.2 Å². The number of hydrogen-bond acceptors (Lipinski definition) is 3. The summed E-state index contributed by atoms with van der Waals surface area (Å²) in [4.78, 5) is 3.90. The monoisotopic (exact) mass is 306 g/mol. The maximum Gasteiger partial charge on any atom is 0.0294 e. The average molecular weight is 307 g/mol. The fourth-order valence-corrected chi connectivity index (χ4v) is 3.70. The van der Waals surface area contributed by atoms with Gasteiger partial charge in [-0.3, -0.25) is 0 Å². The van der Waals surface area contributed by atoms with Crippen molar-refractivity contribution >= 4 is 11.8 Å². The van der Waals surface area contributed by atoms with Gasteiger partial charge >= 0.3 is 0 Å². The van der Waals surface area contributed by atoms with Crippen molar-refractivity contribution in [2.45, 2.75) is 50.6 Å². The third-order valence-electron chi connectivity index (χ3n) is 4.92. The van der Waals surface area contributed by atoms with Gasteiger partial charge in [0.25, 0.3) is 0 Å². The van der Waals surface area contributed by atoms with Crippen molar-refractivity contribution in [1.82, 2.24) is 10.2 Å². The van der Waals surface area contributed by atoms with E-state index in [1.807, 2.05) is 0 Å². The lowest BCUT2D eigenvalue weighted by Crippen LogP contribution is -2.42. The summed E-state index contributed by atoms with van der Waals surface area (Å²) in [6.45, 7) is 10.6. The summed E-state index contributed by atoms with van der Waals surface area (Å²) < 4.78 is 0. The lowest BCUT2D eigenvalue weighted by molar-refractivity contribution is 0.165. The fraction of sp³-hybridized carbons (Fsp3) is 0.667. The van der Waals surface area contributed by atoms with E-state index in [1.165, 1.54) is 42.9 Å². The van der Waals surface area contributed by atoms with E-state index in [0.29, 0.717) is 12.1 Å². The summed E-state index contributed by atoms with van der Waals surface area (Å²) in [5.74, 6) is 0.820. The molecule has 1 aliphatic rings. The first kappa shape index (κ1) is 16.9. The van der Waals surface area contributed by atoms with Crippen molar-refractivity contribution in [2.75, 3.05) is 25.9 Å². The fourth-order valence-electron chi connectivity index (χ4n) is 3.29. The summed E-state index contributed by atoms with van der Waals surface area (Å²) in [5.41, 5.74) is 1.39. The van der Waals surface area contributed by atoms with Crippen LogP contribution < -0.4 is 5.32 Å². The summed E-state index contributed by atoms with van der Waals surface area (Å²) in [6.07, 6.45) is 4.79. The van der Waals surface area contributed by atoms with Crippen LogP contribution in [0.1, 0.15) is 45.2 Å². The van der Waals surface area contributed by atoms with Crippen LogP contribution in [-0.4, -0.2) is 36.8 Å². The quantitative estimate of drug-likeness (QED) is 0.794. The third-order valence-corrected chi connectivity index (χ3v) is 5.66. The molecule has 2 nitrogen and oxygen atoms in total. The summed E-state index contributed by atoms with van der Waals surface area (Å²) in [6, 6.07) is 10.00. The molecule has 2 rings (SSSR count). The first-order valence-corrected chi connectivity index (χ1v) is 9.48. The van der Waals surface area contributed by atoms with Crippen molar-refractivity contribution in [3.63, 3.8) is 0 Å². The number of benzene rings is 1. The Morgan fingerprint density at radius 3 is 2.33 bits per heavy atom. The Kier molecular flexibility index (Phi) is 6.59. The van der Waals surface area contributed by atoms with Crippen molar-refractivity contribution in [3.8, 4) is 0 Å². The molecule has 1 saturated heterocycles. The SMILES string of the molecule is CCN1CCC(C(C)NC(C)c2ccc(SC)cc2)CC1.